The van der Waals surface area contributed by atoms with E-state index in [4.69, 9.17) is 19.2 Å². The molecule has 4 rings (SSSR count). The summed E-state index contributed by atoms with van der Waals surface area (Å²) in [5.41, 5.74) is 4.21. The van der Waals surface area contributed by atoms with Crippen molar-refractivity contribution in [2.45, 2.75) is 58.6 Å². The number of hydrogen-bond donors (Lipinski definition) is 1. The van der Waals surface area contributed by atoms with Crippen LogP contribution in [0.1, 0.15) is 50.9 Å². The molecule has 1 N–H and O–H groups in total. The number of fused-ring (bicyclic) bond motifs is 1. The van der Waals surface area contributed by atoms with Crippen LogP contribution in [0.15, 0.2) is 35.3 Å². The van der Waals surface area contributed by atoms with Crippen molar-refractivity contribution >= 4 is 17.1 Å². The van der Waals surface area contributed by atoms with Crippen molar-refractivity contribution in [1.29, 1.82) is 0 Å². The zero-order valence-electron chi connectivity index (χ0n) is 22.5. The Morgan fingerprint density at radius 2 is 1.92 bits per heavy atom. The Bertz CT molecular complexity index is 1270. The van der Waals surface area contributed by atoms with Gasteiger partial charge >= 0.3 is 6.09 Å². The number of hydrogen-bond acceptors (Lipinski definition) is 6. The molecule has 0 spiro atoms. The molecule has 1 aromatic carbocycles. The second kappa shape index (κ2) is 11.5. The average molecular weight is 511 g/mol. The lowest BCUT2D eigenvalue weighted by Crippen LogP contribution is -2.34. The van der Waals surface area contributed by atoms with Crippen molar-refractivity contribution < 1.29 is 19.0 Å². The minimum absolute atomic E-state index is 0.00924. The van der Waals surface area contributed by atoms with Crippen molar-refractivity contribution in [3.05, 3.63) is 52.2 Å². The molecule has 0 bridgehead atoms. The molecule has 0 radical (unpaired) electrons. The molecule has 3 heterocycles. The molecule has 3 aromatic rings. The highest BCUT2D eigenvalue weighted by Crippen LogP contribution is 2.31. The van der Waals surface area contributed by atoms with Crippen LogP contribution in [0.3, 0.4) is 0 Å². The van der Waals surface area contributed by atoms with E-state index in [1.54, 1.807) is 11.6 Å². The van der Waals surface area contributed by atoms with Gasteiger partial charge in [-0.05, 0) is 69.9 Å². The van der Waals surface area contributed by atoms with E-state index in [0.717, 1.165) is 54.0 Å². The highest BCUT2D eigenvalue weighted by molar-refractivity contribution is 5.82. The maximum absolute atomic E-state index is 12.2. The molecule has 1 amide bonds. The van der Waals surface area contributed by atoms with E-state index in [2.05, 4.69) is 28.1 Å². The molecule has 0 atom stereocenters. The Labute approximate surface area is 217 Å². The van der Waals surface area contributed by atoms with Gasteiger partial charge in [-0.2, -0.15) is 0 Å². The first-order chi connectivity index (χ1) is 17.6. The van der Waals surface area contributed by atoms with Crippen molar-refractivity contribution in [2.24, 2.45) is 7.05 Å². The fourth-order valence-corrected chi connectivity index (χ4v) is 4.66. The lowest BCUT2D eigenvalue weighted by molar-refractivity contribution is 0.0496. The van der Waals surface area contributed by atoms with E-state index in [0.29, 0.717) is 37.8 Å². The van der Waals surface area contributed by atoms with Crippen molar-refractivity contribution in [1.82, 2.24) is 19.4 Å². The highest BCUT2D eigenvalue weighted by Gasteiger charge is 2.23. The Hall–Kier alpha value is -3.17. The average Bonchev–Trinajstić information content (AvgIpc) is 3.21. The zero-order chi connectivity index (χ0) is 26.6. The summed E-state index contributed by atoms with van der Waals surface area (Å²) in [6, 6.07) is 8.19. The summed E-state index contributed by atoms with van der Waals surface area (Å²) in [7, 11) is 1.78. The Kier molecular flexibility index (Phi) is 8.34. The van der Waals surface area contributed by atoms with Gasteiger partial charge in [0.05, 0.1) is 24.2 Å². The number of amides is 1. The van der Waals surface area contributed by atoms with Crippen LogP contribution in [0.5, 0.6) is 0 Å². The molecule has 1 saturated heterocycles. The van der Waals surface area contributed by atoms with Crippen LogP contribution in [0.2, 0.25) is 0 Å². The van der Waals surface area contributed by atoms with Gasteiger partial charge < -0.3 is 28.7 Å². The fourth-order valence-electron chi connectivity index (χ4n) is 4.66. The molecular formula is C28H38N4O5. The Morgan fingerprint density at radius 1 is 1.16 bits per heavy atom. The first-order valence-electron chi connectivity index (χ1n) is 12.9. The molecular weight excluding hydrogens is 472 g/mol. The number of aromatic nitrogens is 3. The van der Waals surface area contributed by atoms with Gasteiger partial charge in [0.2, 0.25) is 0 Å². The van der Waals surface area contributed by atoms with Crippen LogP contribution in [0.25, 0.3) is 22.2 Å². The Balaban J connectivity index is 1.51. The number of carbonyl (C=O) groups excluding carboxylic acids is 1. The quantitative estimate of drug-likeness (QED) is 0.458. The minimum atomic E-state index is -0.528. The molecule has 9 nitrogen and oxygen atoms in total. The molecule has 0 aliphatic carbocycles. The zero-order valence-corrected chi connectivity index (χ0v) is 22.5. The molecule has 200 valence electrons. The smallest absolute Gasteiger partial charge is 0.407 e. The van der Waals surface area contributed by atoms with Crippen LogP contribution >= 0.6 is 0 Å². The van der Waals surface area contributed by atoms with Crippen molar-refractivity contribution in [3.8, 4) is 11.1 Å². The van der Waals surface area contributed by atoms with E-state index < -0.39 is 11.7 Å². The van der Waals surface area contributed by atoms with Gasteiger partial charge in [-0.3, -0.25) is 4.79 Å². The van der Waals surface area contributed by atoms with E-state index in [1.807, 2.05) is 40.0 Å². The minimum Gasteiger partial charge on any atom is -0.444 e. The van der Waals surface area contributed by atoms with E-state index in [1.165, 1.54) is 0 Å². The topological polar surface area (TPSA) is 96.6 Å². The van der Waals surface area contributed by atoms with E-state index in [9.17, 15) is 9.59 Å². The third-order valence-corrected chi connectivity index (χ3v) is 6.43. The summed E-state index contributed by atoms with van der Waals surface area (Å²) in [6.45, 7) is 10.7. The number of alkyl carbamates (subject to hydrolysis) is 1. The first-order valence-corrected chi connectivity index (χ1v) is 12.9. The molecule has 9 heteroatoms. The first kappa shape index (κ1) is 26.9. The summed E-state index contributed by atoms with van der Waals surface area (Å²) >= 11 is 0. The van der Waals surface area contributed by atoms with Crippen LogP contribution in [0.4, 0.5) is 4.79 Å². The predicted octanol–water partition coefficient (Wildman–Crippen LogP) is 4.15. The fraction of sp³-hybridized carbons (Fsp3) is 0.536. The molecule has 1 aliphatic heterocycles. The normalized spacial score (nSPS) is 14.7. The molecule has 2 aromatic heterocycles. The highest BCUT2D eigenvalue weighted by atomic mass is 16.6. The number of nitrogens with zero attached hydrogens (tertiary/aromatic N) is 3. The summed E-state index contributed by atoms with van der Waals surface area (Å²) in [4.78, 5) is 29.0. The van der Waals surface area contributed by atoms with Crippen LogP contribution in [-0.4, -0.2) is 58.8 Å². The largest absolute Gasteiger partial charge is 0.444 e. The molecule has 0 saturated carbocycles. The van der Waals surface area contributed by atoms with Crippen molar-refractivity contribution in [3.63, 3.8) is 0 Å². The van der Waals surface area contributed by atoms with Gasteiger partial charge in [0, 0.05) is 51.0 Å². The summed E-state index contributed by atoms with van der Waals surface area (Å²) in [5.74, 6) is 1.39. The number of benzene rings is 1. The predicted molar refractivity (Wildman–Crippen MR) is 143 cm³/mol. The number of rotatable bonds is 8. The van der Waals surface area contributed by atoms with Crippen molar-refractivity contribution in [2.75, 3.05) is 33.0 Å². The molecule has 1 fully saturated rings. The van der Waals surface area contributed by atoms with Crippen LogP contribution in [0, 0.1) is 6.92 Å². The van der Waals surface area contributed by atoms with E-state index >= 15 is 0 Å². The second-order valence-corrected chi connectivity index (χ2v) is 10.6. The van der Waals surface area contributed by atoms with Gasteiger partial charge in [0.15, 0.2) is 0 Å². The summed E-state index contributed by atoms with van der Waals surface area (Å²) in [5, 5.41) is 2.72. The summed E-state index contributed by atoms with van der Waals surface area (Å²) < 4.78 is 20.6. The number of carbonyl (C=O) groups is 1. The van der Waals surface area contributed by atoms with Crippen LogP contribution in [-0.2, 0) is 27.8 Å². The lowest BCUT2D eigenvalue weighted by atomic mass is 9.99. The SMILES string of the molecule is Cc1cc(-c2ccc3nc(C4CCOCC4)n(CCOCCNC(=O)OC(C)(C)C)c3c2)cn(C)c1=O. The maximum atomic E-state index is 12.2. The second-order valence-electron chi connectivity index (χ2n) is 10.6. The third-order valence-electron chi connectivity index (χ3n) is 6.43. The van der Waals surface area contributed by atoms with Gasteiger partial charge in [-0.1, -0.05) is 6.07 Å². The molecule has 1 aliphatic rings. The van der Waals surface area contributed by atoms with Gasteiger partial charge in [0.1, 0.15) is 11.4 Å². The summed E-state index contributed by atoms with van der Waals surface area (Å²) in [6.07, 6.45) is 3.31. The number of ether oxygens (including phenoxy) is 3. The number of pyridine rings is 1. The molecule has 37 heavy (non-hydrogen) atoms. The lowest BCUT2D eigenvalue weighted by Gasteiger charge is -2.23. The third kappa shape index (κ3) is 6.78. The number of nitrogens with one attached hydrogen (secondary N) is 1. The Morgan fingerprint density at radius 3 is 2.62 bits per heavy atom. The standard InChI is InChI=1S/C28H38N4O5/c1-19-16-22(18-31(5)26(19)33)21-6-7-23-24(17-21)32(25(30-23)20-8-12-35-13-9-20)11-15-36-14-10-29-27(34)37-28(2,3)4/h6-7,16-18,20H,8-15H2,1-5H3,(H,29,34). The maximum Gasteiger partial charge on any atom is 0.407 e. The van der Waals surface area contributed by atoms with Gasteiger partial charge in [0.25, 0.3) is 5.56 Å². The number of aryl methyl sites for hydroxylation is 2. The monoisotopic (exact) mass is 510 g/mol. The molecule has 0 unspecified atom stereocenters. The van der Waals surface area contributed by atoms with Gasteiger partial charge in [-0.25, -0.2) is 9.78 Å². The number of imidazole rings is 1. The van der Waals surface area contributed by atoms with E-state index in [-0.39, 0.29) is 5.56 Å². The van der Waals surface area contributed by atoms with Gasteiger partial charge in [-0.15, -0.1) is 0 Å². The van der Waals surface area contributed by atoms with Crippen LogP contribution < -0.4 is 10.9 Å².